The summed E-state index contributed by atoms with van der Waals surface area (Å²) in [5.41, 5.74) is 6.99. The molecular formula is C19H21N3O5S. The predicted molar refractivity (Wildman–Crippen MR) is 105 cm³/mol. The number of fused-ring (bicyclic) bond motifs is 1. The van der Waals surface area contributed by atoms with Crippen molar-refractivity contribution in [1.29, 1.82) is 0 Å². The fourth-order valence-corrected chi connectivity index (χ4v) is 4.44. The second-order valence-electron chi connectivity index (χ2n) is 6.28. The second-order valence-corrected chi connectivity index (χ2v) is 7.39. The highest BCUT2D eigenvalue weighted by Gasteiger charge is 2.29. The molecule has 8 nitrogen and oxygen atoms in total. The molecule has 1 aliphatic heterocycles. The molecule has 0 fully saturated rings. The van der Waals surface area contributed by atoms with Gasteiger partial charge in [0.1, 0.15) is 16.5 Å². The number of nitrogens with one attached hydrogen (secondary N) is 1. The van der Waals surface area contributed by atoms with Gasteiger partial charge in [0.05, 0.1) is 31.9 Å². The van der Waals surface area contributed by atoms with Crippen molar-refractivity contribution < 1.29 is 23.9 Å². The molecule has 0 saturated carbocycles. The number of hydrogen-bond donors (Lipinski definition) is 2. The fourth-order valence-electron chi connectivity index (χ4n) is 3.18. The summed E-state index contributed by atoms with van der Waals surface area (Å²) in [6.07, 6.45) is 0.519. The molecule has 0 atom stereocenters. The quantitative estimate of drug-likeness (QED) is 0.793. The molecule has 0 bridgehead atoms. The van der Waals surface area contributed by atoms with Gasteiger partial charge in [-0.3, -0.25) is 14.4 Å². The second kappa shape index (κ2) is 7.89. The van der Waals surface area contributed by atoms with Crippen LogP contribution < -0.4 is 20.5 Å². The number of methoxy groups -OCH3 is 2. The maximum absolute atomic E-state index is 12.8. The molecule has 2 heterocycles. The first-order chi connectivity index (χ1) is 13.3. The number of nitrogens with zero attached hydrogens (tertiary/aromatic N) is 1. The van der Waals surface area contributed by atoms with E-state index in [-0.39, 0.29) is 5.91 Å². The Morgan fingerprint density at radius 3 is 2.57 bits per heavy atom. The molecule has 0 spiro atoms. The molecule has 9 heteroatoms. The van der Waals surface area contributed by atoms with Gasteiger partial charge in [0, 0.05) is 24.4 Å². The number of hydrogen-bond acceptors (Lipinski definition) is 6. The van der Waals surface area contributed by atoms with Crippen LogP contribution in [0.3, 0.4) is 0 Å². The number of primary amides is 1. The third-order valence-corrected chi connectivity index (χ3v) is 5.76. The zero-order valence-electron chi connectivity index (χ0n) is 15.8. The molecule has 3 N–H and O–H groups in total. The van der Waals surface area contributed by atoms with Crippen LogP contribution in [0.15, 0.2) is 18.2 Å². The zero-order chi connectivity index (χ0) is 20.4. The topological polar surface area (TPSA) is 111 Å². The van der Waals surface area contributed by atoms with Crippen molar-refractivity contribution in [3.8, 4) is 11.5 Å². The van der Waals surface area contributed by atoms with E-state index in [0.717, 1.165) is 10.4 Å². The minimum atomic E-state index is -0.606. The van der Waals surface area contributed by atoms with E-state index >= 15 is 0 Å². The summed E-state index contributed by atoms with van der Waals surface area (Å²) >= 11 is 1.26. The molecule has 3 amide bonds. The zero-order valence-corrected chi connectivity index (χ0v) is 16.6. The van der Waals surface area contributed by atoms with E-state index in [1.165, 1.54) is 32.5 Å². The molecule has 28 heavy (non-hydrogen) atoms. The van der Waals surface area contributed by atoms with Crippen LogP contribution in [-0.2, 0) is 17.8 Å². The number of benzene rings is 1. The van der Waals surface area contributed by atoms with Crippen LogP contribution in [0.25, 0.3) is 0 Å². The number of ether oxygens (including phenoxy) is 2. The average molecular weight is 403 g/mol. The summed E-state index contributed by atoms with van der Waals surface area (Å²) < 4.78 is 10.4. The Kier molecular flexibility index (Phi) is 5.55. The highest BCUT2D eigenvalue weighted by Crippen LogP contribution is 2.37. The van der Waals surface area contributed by atoms with E-state index in [1.54, 1.807) is 23.1 Å². The molecular weight excluding hydrogens is 382 g/mol. The molecule has 1 aromatic heterocycles. The van der Waals surface area contributed by atoms with Crippen molar-refractivity contribution in [1.82, 2.24) is 4.90 Å². The van der Waals surface area contributed by atoms with Gasteiger partial charge in [0.15, 0.2) is 0 Å². The van der Waals surface area contributed by atoms with E-state index < -0.39 is 11.8 Å². The van der Waals surface area contributed by atoms with Gasteiger partial charge in [-0.15, -0.1) is 11.3 Å². The molecule has 0 unspecified atom stereocenters. The number of carbonyl (C=O) groups is 3. The molecule has 148 valence electrons. The molecule has 0 radical (unpaired) electrons. The number of anilines is 1. The van der Waals surface area contributed by atoms with E-state index in [9.17, 15) is 14.4 Å². The van der Waals surface area contributed by atoms with Crippen molar-refractivity contribution >= 4 is 34.1 Å². The molecule has 0 aliphatic carbocycles. The monoisotopic (exact) mass is 403 g/mol. The Morgan fingerprint density at radius 2 is 1.96 bits per heavy atom. The Balaban J connectivity index is 1.93. The van der Waals surface area contributed by atoms with Crippen LogP contribution in [-0.4, -0.2) is 43.4 Å². The summed E-state index contributed by atoms with van der Waals surface area (Å²) in [4.78, 5) is 39.1. The van der Waals surface area contributed by atoms with Gasteiger partial charge in [0.2, 0.25) is 5.91 Å². The Morgan fingerprint density at radius 1 is 1.21 bits per heavy atom. The molecule has 3 rings (SSSR count). The van der Waals surface area contributed by atoms with E-state index in [0.29, 0.717) is 47.1 Å². The first kappa shape index (κ1) is 19.7. The predicted octanol–water partition coefficient (Wildman–Crippen LogP) is 2.02. The summed E-state index contributed by atoms with van der Waals surface area (Å²) in [6, 6.07) is 4.84. The highest BCUT2D eigenvalue weighted by molar-refractivity contribution is 7.17. The molecule has 1 aliphatic rings. The number of nitrogens with two attached hydrogens (primary N) is 1. The number of rotatable bonds is 5. The minimum absolute atomic E-state index is 0.0340. The third kappa shape index (κ3) is 3.65. The summed E-state index contributed by atoms with van der Waals surface area (Å²) in [5.74, 6) is -0.160. The van der Waals surface area contributed by atoms with Crippen molar-refractivity contribution in [2.24, 2.45) is 5.73 Å². The lowest BCUT2D eigenvalue weighted by atomic mass is 10.0. The number of thiophene rings is 1. The number of amides is 3. The standard InChI is InChI=1S/C19H21N3O5S/c1-10(23)22-7-6-13-15(9-22)28-19(16(13)17(20)24)21-18(25)12-5-4-11(26-2)8-14(12)27-3/h4-5,8H,6-7,9H2,1-3H3,(H2,20,24)(H,21,25). The number of carbonyl (C=O) groups excluding carboxylic acids is 3. The Labute approximate surface area is 166 Å². The maximum Gasteiger partial charge on any atom is 0.260 e. The largest absolute Gasteiger partial charge is 0.497 e. The Hall–Kier alpha value is -3.07. The van der Waals surface area contributed by atoms with Crippen LogP contribution in [0.2, 0.25) is 0 Å². The molecule has 2 aromatic rings. The van der Waals surface area contributed by atoms with Crippen LogP contribution in [0, 0.1) is 0 Å². The van der Waals surface area contributed by atoms with Gasteiger partial charge in [-0.1, -0.05) is 0 Å². The fraction of sp³-hybridized carbons (Fsp3) is 0.316. The van der Waals surface area contributed by atoms with Crippen LogP contribution in [0.1, 0.15) is 38.1 Å². The molecule has 1 aromatic carbocycles. The average Bonchev–Trinajstić information content (AvgIpc) is 3.04. The summed E-state index contributed by atoms with van der Waals surface area (Å²) in [6.45, 7) is 2.42. The van der Waals surface area contributed by atoms with Crippen molar-refractivity contribution in [3.05, 3.63) is 39.8 Å². The van der Waals surface area contributed by atoms with Crippen LogP contribution >= 0.6 is 11.3 Å². The molecule has 0 saturated heterocycles. The van der Waals surface area contributed by atoms with Gasteiger partial charge < -0.3 is 25.4 Å². The van der Waals surface area contributed by atoms with Crippen molar-refractivity contribution in [2.45, 2.75) is 19.9 Å². The lowest BCUT2D eigenvalue weighted by molar-refractivity contribution is -0.129. The van der Waals surface area contributed by atoms with Crippen molar-refractivity contribution in [2.75, 3.05) is 26.1 Å². The first-order valence-electron chi connectivity index (χ1n) is 8.59. The van der Waals surface area contributed by atoms with Crippen LogP contribution in [0.4, 0.5) is 5.00 Å². The maximum atomic E-state index is 12.8. The van der Waals surface area contributed by atoms with Gasteiger partial charge in [-0.2, -0.15) is 0 Å². The normalized spacial score (nSPS) is 12.9. The summed E-state index contributed by atoms with van der Waals surface area (Å²) in [7, 11) is 2.98. The smallest absolute Gasteiger partial charge is 0.260 e. The lowest BCUT2D eigenvalue weighted by Gasteiger charge is -2.25. The summed E-state index contributed by atoms with van der Waals surface area (Å²) in [5, 5.41) is 3.16. The minimum Gasteiger partial charge on any atom is -0.497 e. The van der Waals surface area contributed by atoms with E-state index in [1.807, 2.05) is 0 Å². The first-order valence-corrected chi connectivity index (χ1v) is 9.40. The lowest BCUT2D eigenvalue weighted by Crippen LogP contribution is -2.34. The Bertz CT molecular complexity index is 953. The van der Waals surface area contributed by atoms with Gasteiger partial charge in [0.25, 0.3) is 11.8 Å². The SMILES string of the molecule is COc1ccc(C(=O)Nc2sc3c(c2C(N)=O)CCN(C(C)=O)C3)c(OC)c1. The van der Waals surface area contributed by atoms with E-state index in [4.69, 9.17) is 15.2 Å². The third-order valence-electron chi connectivity index (χ3n) is 4.63. The van der Waals surface area contributed by atoms with Crippen molar-refractivity contribution in [3.63, 3.8) is 0 Å². The van der Waals surface area contributed by atoms with E-state index in [2.05, 4.69) is 5.32 Å². The van der Waals surface area contributed by atoms with Crippen LogP contribution in [0.5, 0.6) is 11.5 Å². The van der Waals surface area contributed by atoms with Gasteiger partial charge in [-0.25, -0.2) is 0 Å². The van der Waals surface area contributed by atoms with Gasteiger partial charge >= 0.3 is 0 Å². The van der Waals surface area contributed by atoms with Gasteiger partial charge in [-0.05, 0) is 24.1 Å². The highest BCUT2D eigenvalue weighted by atomic mass is 32.1.